The first kappa shape index (κ1) is 13.4. The van der Waals surface area contributed by atoms with Crippen LogP contribution in [0.3, 0.4) is 0 Å². The summed E-state index contributed by atoms with van der Waals surface area (Å²) in [5.74, 6) is 0.0745. The minimum absolute atomic E-state index is 0.0745. The molecule has 6 heteroatoms. The van der Waals surface area contributed by atoms with Crippen molar-refractivity contribution in [3.05, 3.63) is 10.6 Å². The lowest BCUT2D eigenvalue weighted by molar-refractivity contribution is 0.0644. The molecule has 0 bridgehead atoms. The number of carbonyl (C=O) groups is 1. The van der Waals surface area contributed by atoms with Gasteiger partial charge in [-0.2, -0.15) is 0 Å². The monoisotopic (exact) mass is 268 g/mol. The molecule has 0 aliphatic heterocycles. The molecule has 1 aliphatic carbocycles. The lowest BCUT2D eigenvalue weighted by Crippen LogP contribution is -2.44. The Kier molecular flexibility index (Phi) is 4.29. The fourth-order valence-electron chi connectivity index (χ4n) is 2.54. The molecule has 0 spiro atoms. The minimum atomic E-state index is 0.0745. The van der Waals surface area contributed by atoms with Crippen molar-refractivity contribution >= 4 is 17.4 Å². The van der Waals surface area contributed by atoms with Crippen molar-refractivity contribution in [2.75, 3.05) is 6.54 Å². The Morgan fingerprint density at radius 3 is 2.61 bits per heavy atom. The minimum Gasteiger partial charge on any atom is -0.335 e. The predicted molar refractivity (Wildman–Crippen MR) is 71.6 cm³/mol. The van der Waals surface area contributed by atoms with E-state index < -0.39 is 0 Å². The van der Waals surface area contributed by atoms with Gasteiger partial charge in [0.15, 0.2) is 0 Å². The second kappa shape index (κ2) is 5.75. The molecule has 0 radical (unpaired) electrons. The standard InChI is InChI=1S/C12H20N4OS/c1-3-16(10-6-4-9(13)5-7-10)12(17)11-8(2)14-15-18-11/h9-10H,3-7,13H2,1-2H3. The number of hydrogen-bond donors (Lipinski definition) is 1. The average molecular weight is 268 g/mol. The molecule has 1 amide bonds. The van der Waals surface area contributed by atoms with Crippen molar-refractivity contribution in [2.45, 2.75) is 51.6 Å². The molecule has 100 valence electrons. The van der Waals surface area contributed by atoms with Gasteiger partial charge >= 0.3 is 0 Å². The third kappa shape index (κ3) is 2.70. The first-order valence-electron chi connectivity index (χ1n) is 6.49. The van der Waals surface area contributed by atoms with Crippen LogP contribution >= 0.6 is 11.5 Å². The second-order valence-corrected chi connectivity index (χ2v) is 5.60. The zero-order chi connectivity index (χ0) is 13.1. The molecule has 18 heavy (non-hydrogen) atoms. The molecule has 0 atom stereocenters. The summed E-state index contributed by atoms with van der Waals surface area (Å²) in [6.45, 7) is 4.59. The Balaban J connectivity index is 2.09. The highest BCUT2D eigenvalue weighted by Gasteiger charge is 2.29. The van der Waals surface area contributed by atoms with Crippen LogP contribution in [0.2, 0.25) is 0 Å². The maximum absolute atomic E-state index is 12.5. The Bertz CT molecular complexity index is 412. The largest absolute Gasteiger partial charge is 0.335 e. The van der Waals surface area contributed by atoms with Crippen molar-refractivity contribution in [1.82, 2.24) is 14.5 Å². The van der Waals surface area contributed by atoms with Gasteiger partial charge < -0.3 is 10.6 Å². The van der Waals surface area contributed by atoms with Gasteiger partial charge in [0.05, 0.1) is 5.69 Å². The third-order valence-corrected chi connectivity index (χ3v) is 4.45. The molecule has 1 heterocycles. The predicted octanol–water partition coefficient (Wildman–Crippen LogP) is 1.58. The van der Waals surface area contributed by atoms with E-state index in [1.54, 1.807) is 0 Å². The summed E-state index contributed by atoms with van der Waals surface area (Å²) in [4.78, 5) is 15.1. The third-order valence-electron chi connectivity index (χ3n) is 3.63. The van der Waals surface area contributed by atoms with Gasteiger partial charge in [0.2, 0.25) is 0 Å². The van der Waals surface area contributed by atoms with Crippen LogP contribution < -0.4 is 5.73 Å². The highest BCUT2D eigenvalue weighted by Crippen LogP contribution is 2.24. The highest BCUT2D eigenvalue weighted by molar-refractivity contribution is 7.07. The van der Waals surface area contributed by atoms with Gasteiger partial charge in [-0.1, -0.05) is 4.49 Å². The summed E-state index contributed by atoms with van der Waals surface area (Å²) in [5.41, 5.74) is 6.64. The summed E-state index contributed by atoms with van der Waals surface area (Å²) in [7, 11) is 0. The summed E-state index contributed by atoms with van der Waals surface area (Å²) in [5, 5.41) is 3.91. The van der Waals surface area contributed by atoms with E-state index in [4.69, 9.17) is 5.73 Å². The van der Waals surface area contributed by atoms with Gasteiger partial charge in [-0.25, -0.2) is 0 Å². The topological polar surface area (TPSA) is 72.1 Å². The van der Waals surface area contributed by atoms with Crippen LogP contribution in [0.1, 0.15) is 48.0 Å². The van der Waals surface area contributed by atoms with Crippen LogP contribution in [0, 0.1) is 6.92 Å². The molecule has 1 saturated carbocycles. The smallest absolute Gasteiger partial charge is 0.267 e. The molecule has 2 N–H and O–H groups in total. The molecule has 1 aliphatic rings. The van der Waals surface area contributed by atoms with Crippen molar-refractivity contribution in [3.63, 3.8) is 0 Å². The molecule has 1 fully saturated rings. The zero-order valence-corrected chi connectivity index (χ0v) is 11.7. The van der Waals surface area contributed by atoms with E-state index in [-0.39, 0.29) is 5.91 Å². The zero-order valence-electron chi connectivity index (χ0n) is 10.9. The van der Waals surface area contributed by atoms with Crippen LogP contribution in [0.15, 0.2) is 0 Å². The number of nitrogens with two attached hydrogens (primary N) is 1. The normalized spacial score (nSPS) is 23.9. The van der Waals surface area contributed by atoms with E-state index in [2.05, 4.69) is 9.59 Å². The van der Waals surface area contributed by atoms with Gasteiger partial charge in [0.1, 0.15) is 4.88 Å². The molecule has 0 unspecified atom stereocenters. The SMILES string of the molecule is CCN(C(=O)c1snnc1C)C1CCC(N)CC1. The van der Waals surface area contributed by atoms with E-state index in [9.17, 15) is 4.79 Å². The first-order chi connectivity index (χ1) is 8.63. The van der Waals surface area contributed by atoms with Gasteiger partial charge in [-0.3, -0.25) is 4.79 Å². The van der Waals surface area contributed by atoms with Crippen molar-refractivity contribution < 1.29 is 4.79 Å². The molecule has 1 aromatic rings. The fraction of sp³-hybridized carbons (Fsp3) is 0.750. The Morgan fingerprint density at radius 1 is 1.44 bits per heavy atom. The molecule has 0 saturated heterocycles. The first-order valence-corrected chi connectivity index (χ1v) is 7.26. The number of amides is 1. The highest BCUT2D eigenvalue weighted by atomic mass is 32.1. The number of hydrogen-bond acceptors (Lipinski definition) is 5. The average Bonchev–Trinajstić information content (AvgIpc) is 2.78. The van der Waals surface area contributed by atoms with E-state index in [0.29, 0.717) is 17.0 Å². The van der Waals surface area contributed by atoms with E-state index in [0.717, 1.165) is 37.9 Å². The number of aryl methyl sites for hydroxylation is 1. The van der Waals surface area contributed by atoms with Crippen LogP contribution in [-0.4, -0.2) is 39.0 Å². The van der Waals surface area contributed by atoms with Crippen LogP contribution in [0.25, 0.3) is 0 Å². The molecule has 5 nitrogen and oxygen atoms in total. The van der Waals surface area contributed by atoms with Gasteiger partial charge in [-0.15, -0.1) is 5.10 Å². The molecular weight excluding hydrogens is 248 g/mol. The van der Waals surface area contributed by atoms with Gasteiger partial charge in [0, 0.05) is 18.6 Å². The quantitative estimate of drug-likeness (QED) is 0.903. The number of carbonyl (C=O) groups excluding carboxylic acids is 1. The molecule has 1 aromatic heterocycles. The van der Waals surface area contributed by atoms with Crippen molar-refractivity contribution in [1.29, 1.82) is 0 Å². The summed E-state index contributed by atoms with van der Waals surface area (Å²) < 4.78 is 3.84. The molecular formula is C12H20N4OS. The van der Waals surface area contributed by atoms with E-state index in [1.807, 2.05) is 18.7 Å². The Labute approximate surface area is 112 Å². The number of nitrogens with zero attached hydrogens (tertiary/aromatic N) is 3. The number of rotatable bonds is 3. The summed E-state index contributed by atoms with van der Waals surface area (Å²) in [6.07, 6.45) is 4.03. The van der Waals surface area contributed by atoms with Crippen molar-refractivity contribution in [3.8, 4) is 0 Å². The number of aromatic nitrogens is 2. The van der Waals surface area contributed by atoms with Crippen LogP contribution in [0.4, 0.5) is 0 Å². The lowest BCUT2D eigenvalue weighted by Gasteiger charge is -2.35. The van der Waals surface area contributed by atoms with E-state index in [1.165, 1.54) is 11.5 Å². The summed E-state index contributed by atoms with van der Waals surface area (Å²) >= 11 is 1.19. The van der Waals surface area contributed by atoms with E-state index >= 15 is 0 Å². The molecule has 2 rings (SSSR count). The van der Waals surface area contributed by atoms with Crippen LogP contribution in [-0.2, 0) is 0 Å². The lowest BCUT2D eigenvalue weighted by atomic mass is 9.90. The van der Waals surface area contributed by atoms with Gasteiger partial charge in [0.25, 0.3) is 5.91 Å². The van der Waals surface area contributed by atoms with Crippen LogP contribution in [0.5, 0.6) is 0 Å². The maximum Gasteiger partial charge on any atom is 0.267 e. The van der Waals surface area contributed by atoms with Crippen molar-refractivity contribution in [2.24, 2.45) is 5.73 Å². The summed E-state index contributed by atoms with van der Waals surface area (Å²) in [6, 6.07) is 0.630. The maximum atomic E-state index is 12.5. The molecule has 0 aromatic carbocycles. The Hall–Kier alpha value is -1.01. The van der Waals surface area contributed by atoms with Gasteiger partial charge in [-0.05, 0) is 51.1 Å². The fourth-order valence-corrected chi connectivity index (χ4v) is 3.15. The second-order valence-electron chi connectivity index (χ2n) is 4.85. The Morgan fingerprint density at radius 2 is 2.11 bits per heavy atom.